The van der Waals surface area contributed by atoms with Crippen molar-refractivity contribution in [2.75, 3.05) is 19.8 Å². The molecule has 0 amide bonds. The summed E-state index contributed by atoms with van der Waals surface area (Å²) in [5.41, 5.74) is -1.15. The molecule has 2 saturated heterocycles. The van der Waals surface area contributed by atoms with E-state index in [2.05, 4.69) is 5.10 Å². The van der Waals surface area contributed by atoms with Crippen molar-refractivity contribution >= 4 is 0 Å². The van der Waals surface area contributed by atoms with Crippen LogP contribution in [-0.2, 0) is 26.2 Å². The topological polar surface area (TPSA) is 45.5 Å². The number of hydrogen-bond donors (Lipinski definition) is 0. The lowest BCUT2D eigenvalue weighted by atomic mass is 10.0. The second-order valence-corrected chi connectivity index (χ2v) is 6.97. The zero-order valence-electron chi connectivity index (χ0n) is 14.0. The van der Waals surface area contributed by atoms with E-state index in [1.165, 1.54) is 4.68 Å². The van der Waals surface area contributed by atoms with Gasteiger partial charge in [-0.05, 0) is 19.8 Å². The first-order chi connectivity index (χ1) is 11.8. The number of fused-ring (bicyclic) bond motifs is 2. The Morgan fingerprint density at radius 2 is 1.84 bits per heavy atom. The summed E-state index contributed by atoms with van der Waals surface area (Å²) in [5, 5.41) is 3.87. The van der Waals surface area contributed by atoms with E-state index in [9.17, 15) is 13.2 Å². The van der Waals surface area contributed by atoms with Crippen LogP contribution in [0.2, 0.25) is 0 Å². The number of alkyl halides is 4. The normalized spacial score (nSPS) is 34.6. The number of hydrogen-bond acceptors (Lipinski definition) is 4. The van der Waals surface area contributed by atoms with Gasteiger partial charge in [-0.1, -0.05) is 6.92 Å². The van der Waals surface area contributed by atoms with Crippen molar-refractivity contribution in [1.82, 2.24) is 9.78 Å². The molecule has 2 fully saturated rings. The lowest BCUT2D eigenvalue weighted by molar-refractivity contribution is -0.210. The second-order valence-electron chi connectivity index (χ2n) is 6.97. The Morgan fingerprint density at radius 3 is 2.44 bits per heavy atom. The van der Waals surface area contributed by atoms with Crippen molar-refractivity contribution in [1.29, 1.82) is 0 Å². The average molecular weight is 364 g/mol. The average Bonchev–Trinajstić information content (AvgIpc) is 3.22. The first kappa shape index (κ1) is 17.2. The molecule has 0 aromatic carbocycles. The Balaban J connectivity index is 1.89. The highest BCUT2D eigenvalue weighted by Gasteiger charge is 2.62. The molecule has 2 aliphatic heterocycles. The van der Waals surface area contributed by atoms with Crippen molar-refractivity contribution in [3.05, 3.63) is 17.0 Å². The summed E-state index contributed by atoms with van der Waals surface area (Å²) >= 11 is 0. The first-order valence-corrected chi connectivity index (χ1v) is 8.49. The molecule has 0 radical (unpaired) electrons. The Kier molecular flexibility index (Phi) is 3.90. The summed E-state index contributed by atoms with van der Waals surface area (Å²) in [4.78, 5) is 0. The number of aromatic nitrogens is 2. The molecule has 3 heterocycles. The number of ether oxygens (including phenoxy) is 3. The fraction of sp³-hybridized carbons (Fsp3) is 0.812. The molecule has 1 spiro atoms. The van der Waals surface area contributed by atoms with Crippen LogP contribution in [0.4, 0.5) is 17.6 Å². The molecule has 5 nitrogen and oxygen atoms in total. The molecule has 140 valence electrons. The van der Waals surface area contributed by atoms with Crippen molar-refractivity contribution in [3.63, 3.8) is 0 Å². The molecule has 0 bridgehead atoms. The first-order valence-electron chi connectivity index (χ1n) is 8.49. The monoisotopic (exact) mass is 364 g/mol. The van der Waals surface area contributed by atoms with E-state index >= 15 is 4.39 Å². The zero-order chi connectivity index (χ0) is 18.0. The van der Waals surface area contributed by atoms with Gasteiger partial charge in [0.2, 0.25) is 5.79 Å². The summed E-state index contributed by atoms with van der Waals surface area (Å²) in [5.74, 6) is -2.79. The predicted octanol–water partition coefficient (Wildman–Crippen LogP) is 3.30. The van der Waals surface area contributed by atoms with E-state index in [1.54, 1.807) is 6.92 Å². The second kappa shape index (κ2) is 5.65. The van der Waals surface area contributed by atoms with Gasteiger partial charge in [-0.25, -0.2) is 4.39 Å². The largest absolute Gasteiger partial charge is 0.435 e. The molecule has 0 saturated carbocycles. The lowest BCUT2D eigenvalue weighted by Gasteiger charge is -2.29. The molecule has 4 rings (SSSR count). The molecule has 1 aromatic heterocycles. The van der Waals surface area contributed by atoms with E-state index in [0.717, 1.165) is 0 Å². The van der Waals surface area contributed by atoms with Crippen LogP contribution in [0.5, 0.6) is 0 Å². The summed E-state index contributed by atoms with van der Waals surface area (Å²) in [6.07, 6.45) is -5.43. The Bertz CT molecular complexity index is 669. The molecular formula is C16H20F4N2O3. The highest BCUT2D eigenvalue weighted by Crippen LogP contribution is 2.55. The third-order valence-corrected chi connectivity index (χ3v) is 5.32. The molecule has 0 unspecified atom stereocenters. The fourth-order valence-corrected chi connectivity index (χ4v) is 4.24. The zero-order valence-corrected chi connectivity index (χ0v) is 14.0. The molecular weight excluding hydrogens is 344 g/mol. The van der Waals surface area contributed by atoms with Gasteiger partial charge in [0.1, 0.15) is 0 Å². The van der Waals surface area contributed by atoms with Gasteiger partial charge in [-0.3, -0.25) is 4.68 Å². The Hall–Kier alpha value is -1.19. The van der Waals surface area contributed by atoms with Gasteiger partial charge >= 0.3 is 6.18 Å². The minimum atomic E-state index is -4.71. The Morgan fingerprint density at radius 1 is 1.16 bits per heavy atom. The molecule has 0 N–H and O–H groups in total. The molecule has 9 heteroatoms. The van der Waals surface area contributed by atoms with E-state index in [4.69, 9.17) is 14.2 Å². The van der Waals surface area contributed by atoms with Crippen LogP contribution in [0, 0.1) is 0 Å². The van der Waals surface area contributed by atoms with Crippen LogP contribution in [0.25, 0.3) is 0 Å². The number of nitrogens with zero attached hydrogens (tertiary/aromatic N) is 2. The van der Waals surface area contributed by atoms with Crippen LogP contribution < -0.4 is 0 Å². The lowest BCUT2D eigenvalue weighted by Crippen LogP contribution is -2.37. The summed E-state index contributed by atoms with van der Waals surface area (Å²) in [6, 6.07) is -0.264. The maximum atomic E-state index is 15.0. The molecule has 4 atom stereocenters. The van der Waals surface area contributed by atoms with Crippen LogP contribution in [0.3, 0.4) is 0 Å². The maximum absolute atomic E-state index is 15.0. The highest BCUT2D eigenvalue weighted by molar-refractivity contribution is 5.43. The van der Waals surface area contributed by atoms with Crippen LogP contribution in [0.1, 0.15) is 55.6 Å². The summed E-state index contributed by atoms with van der Waals surface area (Å²) in [6.45, 7) is 3.98. The van der Waals surface area contributed by atoms with Crippen molar-refractivity contribution in [2.45, 2.75) is 62.9 Å². The predicted molar refractivity (Wildman–Crippen MR) is 77.8 cm³/mol. The maximum Gasteiger partial charge on any atom is 0.435 e. The smallest absolute Gasteiger partial charge is 0.378 e. The van der Waals surface area contributed by atoms with Gasteiger partial charge in [0.05, 0.1) is 36.6 Å². The third-order valence-electron chi connectivity index (χ3n) is 5.32. The number of halogens is 4. The van der Waals surface area contributed by atoms with Gasteiger partial charge in [0, 0.05) is 12.5 Å². The SMILES string of the molecule is C[C@H]1C[C@@H](n2nc(C(F)(F)F)c3c2[C@H](C)[C@@H](F)C32OCCO2)CCO1. The minimum Gasteiger partial charge on any atom is -0.378 e. The number of rotatable bonds is 1. The fourth-order valence-electron chi connectivity index (χ4n) is 4.24. The highest BCUT2D eigenvalue weighted by atomic mass is 19.4. The quantitative estimate of drug-likeness (QED) is 0.718. The summed E-state index contributed by atoms with van der Waals surface area (Å²) < 4.78 is 73.6. The van der Waals surface area contributed by atoms with Crippen molar-refractivity contribution in [3.8, 4) is 0 Å². The van der Waals surface area contributed by atoms with Crippen molar-refractivity contribution in [2.24, 2.45) is 0 Å². The standard InChI is InChI=1S/C16H20F4N2O3/c1-8-7-10(3-4-23-8)22-12-9(2)13(17)15(24-5-6-25-15)11(12)14(21-22)16(18,19)20/h8-10,13H,3-7H2,1-2H3/t8-,9-,10-,13+/m0/s1. The van der Waals surface area contributed by atoms with E-state index in [1.807, 2.05) is 6.92 Å². The van der Waals surface area contributed by atoms with Gasteiger partial charge in [0.15, 0.2) is 11.9 Å². The van der Waals surface area contributed by atoms with E-state index < -0.39 is 29.7 Å². The van der Waals surface area contributed by atoms with Crippen molar-refractivity contribution < 1.29 is 31.8 Å². The van der Waals surface area contributed by atoms with Crippen LogP contribution >= 0.6 is 0 Å². The summed E-state index contributed by atoms with van der Waals surface area (Å²) in [7, 11) is 0. The Labute approximate surface area is 142 Å². The van der Waals surface area contributed by atoms with Gasteiger partial charge in [0.25, 0.3) is 0 Å². The van der Waals surface area contributed by atoms with E-state index in [-0.39, 0.29) is 36.6 Å². The van der Waals surface area contributed by atoms with Crippen LogP contribution in [0.15, 0.2) is 0 Å². The third kappa shape index (κ3) is 2.43. The van der Waals surface area contributed by atoms with Crippen LogP contribution in [-0.4, -0.2) is 41.9 Å². The molecule has 25 heavy (non-hydrogen) atoms. The van der Waals surface area contributed by atoms with Gasteiger partial charge < -0.3 is 14.2 Å². The molecule has 1 aliphatic carbocycles. The van der Waals surface area contributed by atoms with E-state index in [0.29, 0.717) is 19.4 Å². The molecule has 1 aromatic rings. The van der Waals surface area contributed by atoms with Gasteiger partial charge in [-0.2, -0.15) is 18.3 Å². The van der Waals surface area contributed by atoms with Gasteiger partial charge in [-0.15, -0.1) is 0 Å². The molecule has 3 aliphatic rings. The minimum absolute atomic E-state index is 0.0589.